The first-order valence-corrected chi connectivity index (χ1v) is 6.55. The molecule has 15 heavy (non-hydrogen) atoms. The van der Waals surface area contributed by atoms with Gasteiger partial charge in [0.2, 0.25) is 0 Å². The second-order valence-electron chi connectivity index (χ2n) is 5.57. The van der Waals surface area contributed by atoms with Crippen molar-refractivity contribution in [3.8, 4) is 0 Å². The molecule has 0 aromatic heterocycles. The summed E-state index contributed by atoms with van der Waals surface area (Å²) < 4.78 is 13.5. The number of hydrogen-bond acceptors (Lipinski definition) is 1. The van der Waals surface area contributed by atoms with Crippen molar-refractivity contribution in [2.24, 2.45) is 5.41 Å². The van der Waals surface area contributed by atoms with Gasteiger partial charge in [-0.15, -0.1) is 0 Å². The Labute approximate surface area is 92.8 Å². The van der Waals surface area contributed by atoms with Crippen molar-refractivity contribution in [3.63, 3.8) is 0 Å². The van der Waals surface area contributed by atoms with Gasteiger partial charge in [-0.25, -0.2) is 4.39 Å². The summed E-state index contributed by atoms with van der Waals surface area (Å²) in [5, 5.41) is 3.66. The third kappa shape index (κ3) is 2.35. The van der Waals surface area contributed by atoms with Crippen LogP contribution in [0.5, 0.6) is 0 Å². The molecule has 1 nitrogen and oxygen atoms in total. The minimum Gasteiger partial charge on any atom is -0.311 e. The van der Waals surface area contributed by atoms with Crippen LogP contribution in [0.15, 0.2) is 0 Å². The second-order valence-corrected chi connectivity index (χ2v) is 5.57. The molecule has 2 aliphatic carbocycles. The molecule has 2 unspecified atom stereocenters. The molecular formula is C13H24FN. The topological polar surface area (TPSA) is 12.0 Å². The van der Waals surface area contributed by atoms with Crippen LogP contribution < -0.4 is 5.32 Å². The highest BCUT2D eigenvalue weighted by Gasteiger charge is 2.52. The van der Waals surface area contributed by atoms with Gasteiger partial charge in [0.25, 0.3) is 0 Å². The maximum Gasteiger partial charge on any atom is 0.104 e. The Morgan fingerprint density at radius 3 is 2.20 bits per heavy atom. The highest BCUT2D eigenvalue weighted by Crippen LogP contribution is 2.53. The molecule has 2 aliphatic rings. The van der Waals surface area contributed by atoms with Crippen molar-refractivity contribution in [2.75, 3.05) is 0 Å². The van der Waals surface area contributed by atoms with Crippen LogP contribution in [0.2, 0.25) is 0 Å². The molecule has 88 valence electrons. The normalized spacial score (nSPS) is 29.8. The molecule has 0 spiro atoms. The SMILES string of the molecule is CC(F)C1(C(C)NC2CCCCC2)CC1. The molecule has 2 fully saturated rings. The number of halogens is 1. The maximum atomic E-state index is 13.5. The molecule has 2 heteroatoms. The number of hydrogen-bond donors (Lipinski definition) is 1. The summed E-state index contributed by atoms with van der Waals surface area (Å²) in [4.78, 5) is 0. The Hall–Kier alpha value is -0.110. The van der Waals surface area contributed by atoms with Gasteiger partial charge in [0.15, 0.2) is 0 Å². The monoisotopic (exact) mass is 213 g/mol. The number of alkyl halides is 1. The fourth-order valence-corrected chi connectivity index (χ4v) is 3.11. The molecule has 0 amide bonds. The van der Waals surface area contributed by atoms with Crippen LogP contribution in [-0.2, 0) is 0 Å². The van der Waals surface area contributed by atoms with Gasteiger partial charge in [0, 0.05) is 17.5 Å². The van der Waals surface area contributed by atoms with Gasteiger partial charge in [-0.3, -0.25) is 0 Å². The lowest BCUT2D eigenvalue weighted by Crippen LogP contribution is -2.45. The molecule has 0 radical (unpaired) electrons. The summed E-state index contributed by atoms with van der Waals surface area (Å²) in [6.45, 7) is 3.91. The lowest BCUT2D eigenvalue weighted by molar-refractivity contribution is 0.167. The average Bonchev–Trinajstić information content (AvgIpc) is 2.99. The van der Waals surface area contributed by atoms with E-state index in [1.54, 1.807) is 6.92 Å². The Morgan fingerprint density at radius 2 is 1.73 bits per heavy atom. The van der Waals surface area contributed by atoms with E-state index in [-0.39, 0.29) is 5.41 Å². The van der Waals surface area contributed by atoms with Crippen LogP contribution in [0.25, 0.3) is 0 Å². The summed E-state index contributed by atoms with van der Waals surface area (Å²) in [5.74, 6) is 0. The standard InChI is InChI=1S/C13H24FN/c1-10(14)13(8-9-13)11(2)15-12-6-4-3-5-7-12/h10-12,15H,3-9H2,1-2H3. The van der Waals surface area contributed by atoms with Crippen LogP contribution in [0.1, 0.15) is 58.8 Å². The first kappa shape index (κ1) is 11.4. The molecule has 2 saturated carbocycles. The van der Waals surface area contributed by atoms with Gasteiger partial charge >= 0.3 is 0 Å². The van der Waals surface area contributed by atoms with Gasteiger partial charge in [0.05, 0.1) is 0 Å². The van der Waals surface area contributed by atoms with Crippen LogP contribution in [0.4, 0.5) is 4.39 Å². The zero-order chi connectivity index (χ0) is 10.9. The highest BCUT2D eigenvalue weighted by molar-refractivity contribution is 5.04. The lowest BCUT2D eigenvalue weighted by Gasteiger charge is -2.32. The molecular weight excluding hydrogens is 189 g/mol. The van der Waals surface area contributed by atoms with E-state index in [9.17, 15) is 4.39 Å². The Balaban J connectivity index is 1.83. The molecule has 2 atom stereocenters. The molecule has 0 aliphatic heterocycles. The number of nitrogens with one attached hydrogen (secondary N) is 1. The summed E-state index contributed by atoms with van der Waals surface area (Å²) in [6.07, 6.45) is 8.17. The maximum absolute atomic E-state index is 13.5. The highest BCUT2D eigenvalue weighted by atomic mass is 19.1. The van der Waals surface area contributed by atoms with E-state index in [4.69, 9.17) is 0 Å². The Morgan fingerprint density at radius 1 is 1.13 bits per heavy atom. The van der Waals surface area contributed by atoms with Gasteiger partial charge in [-0.2, -0.15) is 0 Å². The zero-order valence-electron chi connectivity index (χ0n) is 10.1. The van der Waals surface area contributed by atoms with E-state index in [0.29, 0.717) is 12.1 Å². The van der Waals surface area contributed by atoms with Crippen molar-refractivity contribution in [1.29, 1.82) is 0 Å². The predicted molar refractivity (Wildman–Crippen MR) is 61.7 cm³/mol. The van der Waals surface area contributed by atoms with E-state index in [1.165, 1.54) is 32.1 Å². The van der Waals surface area contributed by atoms with Crippen molar-refractivity contribution >= 4 is 0 Å². The number of rotatable bonds is 4. The van der Waals surface area contributed by atoms with Crippen LogP contribution in [-0.4, -0.2) is 18.3 Å². The van der Waals surface area contributed by atoms with Crippen molar-refractivity contribution in [3.05, 3.63) is 0 Å². The molecule has 0 bridgehead atoms. The summed E-state index contributed by atoms with van der Waals surface area (Å²) in [6, 6.07) is 1.02. The molecule has 0 aromatic carbocycles. The minimum atomic E-state index is -0.649. The molecule has 0 saturated heterocycles. The quantitative estimate of drug-likeness (QED) is 0.754. The first-order valence-electron chi connectivity index (χ1n) is 6.55. The predicted octanol–water partition coefficient (Wildman–Crippen LogP) is 3.44. The molecule has 2 rings (SSSR count). The molecule has 1 N–H and O–H groups in total. The lowest BCUT2D eigenvalue weighted by atomic mass is 9.89. The van der Waals surface area contributed by atoms with E-state index >= 15 is 0 Å². The van der Waals surface area contributed by atoms with E-state index in [1.807, 2.05) is 0 Å². The van der Waals surface area contributed by atoms with Gasteiger partial charge in [-0.1, -0.05) is 19.3 Å². The molecule has 0 heterocycles. The second kappa shape index (κ2) is 4.40. The van der Waals surface area contributed by atoms with E-state index < -0.39 is 6.17 Å². The summed E-state index contributed by atoms with van der Waals surface area (Å²) >= 11 is 0. The largest absolute Gasteiger partial charge is 0.311 e. The zero-order valence-corrected chi connectivity index (χ0v) is 10.1. The first-order chi connectivity index (χ1) is 7.15. The average molecular weight is 213 g/mol. The Bertz CT molecular complexity index is 205. The van der Waals surface area contributed by atoms with Crippen LogP contribution in [0, 0.1) is 5.41 Å². The van der Waals surface area contributed by atoms with Gasteiger partial charge in [-0.05, 0) is 39.5 Å². The van der Waals surface area contributed by atoms with Gasteiger partial charge < -0.3 is 5.32 Å². The van der Waals surface area contributed by atoms with Crippen LogP contribution in [0.3, 0.4) is 0 Å². The minimum absolute atomic E-state index is 0.0164. The summed E-state index contributed by atoms with van der Waals surface area (Å²) in [7, 11) is 0. The third-order valence-electron chi connectivity index (χ3n) is 4.57. The van der Waals surface area contributed by atoms with E-state index in [0.717, 1.165) is 12.8 Å². The van der Waals surface area contributed by atoms with E-state index in [2.05, 4.69) is 12.2 Å². The van der Waals surface area contributed by atoms with Gasteiger partial charge in [0.1, 0.15) is 6.17 Å². The smallest absolute Gasteiger partial charge is 0.104 e. The van der Waals surface area contributed by atoms with Crippen molar-refractivity contribution < 1.29 is 4.39 Å². The van der Waals surface area contributed by atoms with Crippen molar-refractivity contribution in [2.45, 2.75) is 77.0 Å². The molecule has 0 aromatic rings. The van der Waals surface area contributed by atoms with Crippen LogP contribution >= 0.6 is 0 Å². The Kier molecular flexibility index (Phi) is 3.34. The third-order valence-corrected chi connectivity index (χ3v) is 4.57. The van der Waals surface area contributed by atoms with Crippen molar-refractivity contribution in [1.82, 2.24) is 5.32 Å². The fourth-order valence-electron chi connectivity index (χ4n) is 3.11. The fraction of sp³-hybridized carbons (Fsp3) is 1.00. The summed E-state index contributed by atoms with van der Waals surface area (Å²) in [5.41, 5.74) is -0.0164.